The smallest absolute Gasteiger partial charge is 0.123 e. The third kappa shape index (κ3) is 8.30. The molecule has 0 spiro atoms. The lowest BCUT2D eigenvalue weighted by atomic mass is 10.1. The quantitative estimate of drug-likeness (QED) is 0.454. The van der Waals surface area contributed by atoms with Crippen LogP contribution in [0.2, 0.25) is 0 Å². The van der Waals surface area contributed by atoms with Crippen LogP contribution in [0.3, 0.4) is 0 Å². The Morgan fingerprint density at radius 1 is 1.08 bits per heavy atom. The number of aromatic nitrogens is 2. The summed E-state index contributed by atoms with van der Waals surface area (Å²) in [6.07, 6.45) is 15.2. The van der Waals surface area contributed by atoms with Crippen molar-refractivity contribution in [1.29, 1.82) is 0 Å². The van der Waals surface area contributed by atoms with E-state index in [0.717, 1.165) is 38.0 Å². The maximum absolute atomic E-state index is 13.0. The van der Waals surface area contributed by atoms with Crippen molar-refractivity contribution in [2.45, 2.75) is 70.9 Å². The lowest BCUT2D eigenvalue weighted by Crippen LogP contribution is -2.21. The molecule has 3 nitrogen and oxygen atoms in total. The highest BCUT2D eigenvalue weighted by molar-refractivity contribution is 5.16. The van der Waals surface area contributed by atoms with Gasteiger partial charge in [-0.25, -0.2) is 9.37 Å². The standard InChI is InChI=1S/C21H31FN2O/c1-2-3-4-5-6-7-16-25-21(17-24-15-14-23-18-24)13-10-19-8-11-20(22)12-9-19/h8-9,11-12,14-15,18,21H,2-7,10,13,16-17H2,1H3. The van der Waals surface area contributed by atoms with Crippen LogP contribution in [-0.2, 0) is 17.7 Å². The molecule has 1 atom stereocenters. The molecule has 0 saturated carbocycles. The fraction of sp³-hybridized carbons (Fsp3) is 0.571. The van der Waals surface area contributed by atoms with Gasteiger partial charge in [0.25, 0.3) is 0 Å². The number of ether oxygens (including phenoxy) is 1. The first-order valence-corrected chi connectivity index (χ1v) is 9.59. The molecule has 1 heterocycles. The number of halogens is 1. The van der Waals surface area contributed by atoms with Gasteiger partial charge < -0.3 is 9.30 Å². The van der Waals surface area contributed by atoms with Gasteiger partial charge in [-0.15, -0.1) is 0 Å². The van der Waals surface area contributed by atoms with Crippen molar-refractivity contribution in [1.82, 2.24) is 9.55 Å². The van der Waals surface area contributed by atoms with E-state index in [4.69, 9.17) is 4.74 Å². The molecule has 0 aliphatic heterocycles. The molecule has 0 fully saturated rings. The molecule has 138 valence electrons. The van der Waals surface area contributed by atoms with Gasteiger partial charge in [0.15, 0.2) is 0 Å². The summed E-state index contributed by atoms with van der Waals surface area (Å²) in [7, 11) is 0. The highest BCUT2D eigenvalue weighted by atomic mass is 19.1. The second-order valence-corrected chi connectivity index (χ2v) is 6.69. The molecule has 2 aromatic rings. The summed E-state index contributed by atoms with van der Waals surface area (Å²) in [5, 5.41) is 0. The monoisotopic (exact) mass is 346 g/mol. The van der Waals surface area contributed by atoms with Crippen LogP contribution in [0.1, 0.15) is 57.4 Å². The molecule has 4 heteroatoms. The molecule has 0 aliphatic rings. The van der Waals surface area contributed by atoms with Crippen molar-refractivity contribution in [2.24, 2.45) is 0 Å². The molecule has 0 N–H and O–H groups in total. The Labute approximate surface area is 151 Å². The van der Waals surface area contributed by atoms with Crippen LogP contribution in [0, 0.1) is 5.82 Å². The number of aryl methyl sites for hydroxylation is 1. The van der Waals surface area contributed by atoms with E-state index in [-0.39, 0.29) is 11.9 Å². The van der Waals surface area contributed by atoms with E-state index < -0.39 is 0 Å². The minimum atomic E-state index is -0.182. The summed E-state index contributed by atoms with van der Waals surface area (Å²) in [6, 6.07) is 6.77. The van der Waals surface area contributed by atoms with Crippen LogP contribution in [0.15, 0.2) is 43.0 Å². The maximum atomic E-state index is 13.0. The van der Waals surface area contributed by atoms with E-state index in [2.05, 4.69) is 16.5 Å². The molecule has 1 unspecified atom stereocenters. The van der Waals surface area contributed by atoms with Gasteiger partial charge >= 0.3 is 0 Å². The topological polar surface area (TPSA) is 27.1 Å². The lowest BCUT2D eigenvalue weighted by Gasteiger charge is -2.18. The van der Waals surface area contributed by atoms with Crippen LogP contribution >= 0.6 is 0 Å². The summed E-state index contributed by atoms with van der Waals surface area (Å²) in [5.74, 6) is -0.182. The number of rotatable bonds is 13. The van der Waals surface area contributed by atoms with Crippen molar-refractivity contribution in [3.8, 4) is 0 Å². The van der Waals surface area contributed by atoms with Crippen LogP contribution < -0.4 is 0 Å². The first-order chi connectivity index (χ1) is 12.3. The molecule has 0 bridgehead atoms. The third-order valence-electron chi connectivity index (χ3n) is 4.49. The van der Waals surface area contributed by atoms with Crippen LogP contribution in [0.25, 0.3) is 0 Å². The Kier molecular flexibility index (Phi) is 9.27. The Bertz CT molecular complexity index is 554. The number of nitrogens with zero attached hydrogens (tertiary/aromatic N) is 2. The predicted octanol–water partition coefficient (Wildman–Crippen LogP) is 5.40. The Hall–Kier alpha value is -1.68. The Morgan fingerprint density at radius 2 is 1.84 bits per heavy atom. The fourth-order valence-corrected chi connectivity index (χ4v) is 2.97. The van der Waals surface area contributed by atoms with E-state index >= 15 is 0 Å². The van der Waals surface area contributed by atoms with E-state index in [1.165, 1.54) is 44.2 Å². The van der Waals surface area contributed by atoms with Gasteiger partial charge in [0, 0.05) is 25.5 Å². The molecular weight excluding hydrogens is 315 g/mol. The van der Waals surface area contributed by atoms with Gasteiger partial charge in [0.05, 0.1) is 12.4 Å². The molecule has 1 aromatic carbocycles. The second kappa shape index (κ2) is 11.8. The second-order valence-electron chi connectivity index (χ2n) is 6.69. The first kappa shape index (κ1) is 19.6. The SMILES string of the molecule is CCCCCCCCOC(CCc1ccc(F)cc1)Cn1ccnc1. The van der Waals surface area contributed by atoms with E-state index in [1.807, 2.05) is 24.7 Å². The lowest BCUT2D eigenvalue weighted by molar-refractivity contribution is 0.0336. The summed E-state index contributed by atoms with van der Waals surface area (Å²) in [4.78, 5) is 4.11. The van der Waals surface area contributed by atoms with Gasteiger partial charge in [-0.05, 0) is 37.0 Å². The fourth-order valence-electron chi connectivity index (χ4n) is 2.97. The predicted molar refractivity (Wildman–Crippen MR) is 100 cm³/mol. The summed E-state index contributed by atoms with van der Waals surface area (Å²) in [6.45, 7) is 3.87. The average Bonchev–Trinajstić information content (AvgIpc) is 3.13. The zero-order valence-corrected chi connectivity index (χ0v) is 15.4. The highest BCUT2D eigenvalue weighted by Gasteiger charge is 2.10. The Balaban J connectivity index is 1.73. The summed E-state index contributed by atoms with van der Waals surface area (Å²) >= 11 is 0. The number of benzene rings is 1. The summed E-state index contributed by atoms with van der Waals surface area (Å²) in [5.41, 5.74) is 1.15. The van der Waals surface area contributed by atoms with Crippen molar-refractivity contribution >= 4 is 0 Å². The van der Waals surface area contributed by atoms with Gasteiger partial charge in [-0.2, -0.15) is 0 Å². The number of unbranched alkanes of at least 4 members (excludes halogenated alkanes) is 5. The molecule has 2 rings (SSSR count). The number of imidazole rings is 1. The van der Waals surface area contributed by atoms with E-state index in [1.54, 1.807) is 6.20 Å². The molecule has 25 heavy (non-hydrogen) atoms. The molecule has 0 saturated heterocycles. The minimum Gasteiger partial charge on any atom is -0.376 e. The number of hydrogen-bond donors (Lipinski definition) is 0. The first-order valence-electron chi connectivity index (χ1n) is 9.59. The largest absolute Gasteiger partial charge is 0.376 e. The zero-order valence-electron chi connectivity index (χ0n) is 15.4. The third-order valence-corrected chi connectivity index (χ3v) is 4.49. The van der Waals surface area contributed by atoms with Crippen LogP contribution in [0.4, 0.5) is 4.39 Å². The normalized spacial score (nSPS) is 12.4. The van der Waals surface area contributed by atoms with Crippen LogP contribution in [0.5, 0.6) is 0 Å². The molecule has 0 amide bonds. The Morgan fingerprint density at radius 3 is 2.56 bits per heavy atom. The van der Waals surface area contributed by atoms with E-state index in [0.29, 0.717) is 0 Å². The van der Waals surface area contributed by atoms with Crippen LogP contribution in [-0.4, -0.2) is 22.3 Å². The minimum absolute atomic E-state index is 0.162. The molecule has 0 aliphatic carbocycles. The van der Waals surface area contributed by atoms with Gasteiger partial charge in [0.2, 0.25) is 0 Å². The molecular formula is C21H31FN2O. The number of hydrogen-bond acceptors (Lipinski definition) is 2. The van der Waals surface area contributed by atoms with Gasteiger partial charge in [-0.1, -0.05) is 51.2 Å². The van der Waals surface area contributed by atoms with Crippen molar-refractivity contribution in [3.05, 3.63) is 54.4 Å². The van der Waals surface area contributed by atoms with Crippen molar-refractivity contribution in [3.63, 3.8) is 0 Å². The highest BCUT2D eigenvalue weighted by Crippen LogP contribution is 2.12. The zero-order chi connectivity index (χ0) is 17.7. The van der Waals surface area contributed by atoms with Crippen molar-refractivity contribution < 1.29 is 9.13 Å². The molecule has 0 radical (unpaired) electrons. The summed E-state index contributed by atoms with van der Waals surface area (Å²) < 4.78 is 21.2. The van der Waals surface area contributed by atoms with Gasteiger partial charge in [-0.3, -0.25) is 0 Å². The maximum Gasteiger partial charge on any atom is 0.123 e. The van der Waals surface area contributed by atoms with Crippen molar-refractivity contribution in [2.75, 3.05) is 6.61 Å². The van der Waals surface area contributed by atoms with Gasteiger partial charge in [0.1, 0.15) is 5.82 Å². The average molecular weight is 346 g/mol. The van der Waals surface area contributed by atoms with E-state index in [9.17, 15) is 4.39 Å². The molecule has 1 aromatic heterocycles.